The molecular formula is C28H30N2O5S. The summed E-state index contributed by atoms with van der Waals surface area (Å²) in [6.45, 7) is 3.37. The van der Waals surface area contributed by atoms with Crippen molar-refractivity contribution in [3.8, 4) is 22.6 Å². The maximum Gasteiger partial charge on any atom is 0.243 e. The number of fused-ring (bicyclic) bond motifs is 1. The van der Waals surface area contributed by atoms with Crippen molar-refractivity contribution in [2.24, 2.45) is 0 Å². The Hall–Kier alpha value is -3.36. The smallest absolute Gasteiger partial charge is 0.243 e. The van der Waals surface area contributed by atoms with Crippen molar-refractivity contribution in [3.63, 3.8) is 0 Å². The zero-order chi connectivity index (χ0) is 24.9. The number of benzene rings is 3. The van der Waals surface area contributed by atoms with E-state index in [0.29, 0.717) is 35.2 Å². The van der Waals surface area contributed by atoms with Crippen LogP contribution in [0.2, 0.25) is 0 Å². The van der Waals surface area contributed by atoms with Gasteiger partial charge in [-0.3, -0.25) is 4.79 Å². The molecule has 3 aromatic carbocycles. The molecular weight excluding hydrogens is 476 g/mol. The van der Waals surface area contributed by atoms with Gasteiger partial charge >= 0.3 is 0 Å². The van der Waals surface area contributed by atoms with Crippen molar-refractivity contribution in [1.82, 2.24) is 4.31 Å². The second-order valence-corrected chi connectivity index (χ2v) is 11.7. The van der Waals surface area contributed by atoms with Crippen molar-refractivity contribution in [2.45, 2.75) is 42.9 Å². The van der Waals surface area contributed by atoms with Crippen LogP contribution < -0.4 is 14.8 Å². The summed E-state index contributed by atoms with van der Waals surface area (Å²) in [5.74, 6) is 1.35. The quantitative estimate of drug-likeness (QED) is 0.503. The van der Waals surface area contributed by atoms with Gasteiger partial charge in [-0.05, 0) is 91.3 Å². The van der Waals surface area contributed by atoms with Crippen LogP contribution >= 0.6 is 0 Å². The summed E-state index contributed by atoms with van der Waals surface area (Å²) in [7, 11) is -3.45. The lowest BCUT2D eigenvalue weighted by Crippen LogP contribution is -2.27. The summed E-state index contributed by atoms with van der Waals surface area (Å²) in [6, 6.07) is 18.6. The maximum absolute atomic E-state index is 13.4. The predicted molar refractivity (Wildman–Crippen MR) is 139 cm³/mol. The molecule has 188 valence electrons. The third-order valence-corrected chi connectivity index (χ3v) is 9.39. The van der Waals surface area contributed by atoms with Gasteiger partial charge in [0.25, 0.3) is 0 Å². The Morgan fingerprint density at radius 3 is 2.39 bits per heavy atom. The van der Waals surface area contributed by atoms with Crippen molar-refractivity contribution in [2.75, 3.05) is 25.2 Å². The monoisotopic (exact) mass is 506 g/mol. The number of amides is 1. The second kappa shape index (κ2) is 8.64. The van der Waals surface area contributed by atoms with Gasteiger partial charge in [0.1, 0.15) is 0 Å². The van der Waals surface area contributed by atoms with Gasteiger partial charge < -0.3 is 14.8 Å². The predicted octanol–water partition coefficient (Wildman–Crippen LogP) is 5.09. The first-order chi connectivity index (χ1) is 17.4. The molecule has 3 aliphatic rings. The number of carbonyl (C=O) groups excluding carboxylic acids is 1. The highest BCUT2D eigenvalue weighted by atomic mass is 32.2. The van der Waals surface area contributed by atoms with Crippen LogP contribution in [0.15, 0.2) is 65.6 Å². The molecule has 6 rings (SSSR count). The number of hydrogen-bond donors (Lipinski definition) is 1. The highest BCUT2D eigenvalue weighted by Gasteiger charge is 2.51. The van der Waals surface area contributed by atoms with Crippen LogP contribution in [0.4, 0.5) is 5.69 Å². The van der Waals surface area contributed by atoms with Gasteiger partial charge in [0.05, 0.1) is 10.3 Å². The Morgan fingerprint density at radius 2 is 1.67 bits per heavy atom. The van der Waals surface area contributed by atoms with E-state index in [0.717, 1.165) is 47.9 Å². The molecule has 0 spiro atoms. The topological polar surface area (TPSA) is 84.9 Å². The summed E-state index contributed by atoms with van der Waals surface area (Å²) >= 11 is 0. The minimum atomic E-state index is -3.45. The molecule has 0 bridgehead atoms. The van der Waals surface area contributed by atoms with Crippen molar-refractivity contribution < 1.29 is 24.1 Å². The van der Waals surface area contributed by atoms with Gasteiger partial charge in [-0.15, -0.1) is 0 Å². The number of hydrogen-bond acceptors (Lipinski definition) is 5. The minimum Gasteiger partial charge on any atom is -0.454 e. The summed E-state index contributed by atoms with van der Waals surface area (Å²) in [6.07, 6.45) is 3.38. The molecule has 7 nitrogen and oxygen atoms in total. The van der Waals surface area contributed by atoms with E-state index in [2.05, 4.69) is 5.32 Å². The fraction of sp³-hybridized carbons (Fsp3) is 0.321. The molecule has 0 unspecified atom stereocenters. The summed E-state index contributed by atoms with van der Waals surface area (Å²) in [4.78, 5) is 13.7. The van der Waals surface area contributed by atoms with Gasteiger partial charge in [0.2, 0.25) is 22.7 Å². The van der Waals surface area contributed by atoms with Crippen molar-refractivity contribution in [3.05, 3.63) is 71.8 Å². The first kappa shape index (κ1) is 23.1. The highest BCUT2D eigenvalue weighted by Crippen LogP contribution is 2.51. The number of anilines is 1. The van der Waals surface area contributed by atoms with E-state index in [1.807, 2.05) is 55.5 Å². The van der Waals surface area contributed by atoms with Crippen LogP contribution in [-0.4, -0.2) is 38.5 Å². The van der Waals surface area contributed by atoms with Crippen molar-refractivity contribution >= 4 is 21.6 Å². The number of carbonyl (C=O) groups is 1. The van der Waals surface area contributed by atoms with Crippen LogP contribution in [0.3, 0.4) is 0 Å². The lowest BCUT2D eigenvalue weighted by molar-refractivity contribution is -0.118. The van der Waals surface area contributed by atoms with Crippen molar-refractivity contribution in [1.29, 1.82) is 0 Å². The van der Waals surface area contributed by atoms with Gasteiger partial charge in [-0.2, -0.15) is 4.31 Å². The molecule has 1 aliphatic carbocycles. The zero-order valence-corrected chi connectivity index (χ0v) is 20.9. The lowest BCUT2D eigenvalue weighted by atomic mass is 9.94. The number of rotatable bonds is 6. The SMILES string of the molecule is Cc1ccc(NC(=O)C2(c3ccc4c(c3)OCO4)CC2)cc1-c1ccc(S(=O)(=O)N2CCCC2)cc1.[HH]. The van der Waals surface area contributed by atoms with E-state index in [9.17, 15) is 13.2 Å². The number of ether oxygens (including phenoxy) is 2. The Morgan fingerprint density at radius 1 is 0.944 bits per heavy atom. The third-order valence-electron chi connectivity index (χ3n) is 7.47. The number of nitrogens with one attached hydrogen (secondary N) is 1. The highest BCUT2D eigenvalue weighted by molar-refractivity contribution is 7.89. The van der Waals surface area contributed by atoms with Gasteiger partial charge in [-0.25, -0.2) is 8.42 Å². The van der Waals surface area contributed by atoms with Crippen LogP contribution in [0.25, 0.3) is 11.1 Å². The molecule has 1 saturated heterocycles. The standard InChI is InChI=1S/C28H28N2O5S.H2/c1-19-4-8-22(29-27(31)28(12-13-28)21-7-11-25-26(16-21)35-18-34-25)17-24(19)20-5-9-23(10-6-20)36(32,33)30-14-2-3-15-30;/h4-11,16-17H,2-3,12-15,18H2,1H3,(H,29,31);1H. The molecule has 2 heterocycles. The van der Waals surface area contributed by atoms with Crippen LogP contribution in [0.5, 0.6) is 11.5 Å². The Labute approximate surface area is 212 Å². The Balaban J connectivity index is 0.00000280. The van der Waals surface area contributed by atoms with Crippen LogP contribution in [-0.2, 0) is 20.2 Å². The Bertz CT molecular complexity index is 1450. The van der Waals surface area contributed by atoms with E-state index in [1.54, 1.807) is 16.4 Å². The molecule has 0 radical (unpaired) electrons. The fourth-order valence-electron chi connectivity index (χ4n) is 5.11. The molecule has 0 atom stereocenters. The molecule has 1 N–H and O–H groups in total. The molecule has 3 aromatic rings. The number of sulfonamides is 1. The average molecular weight is 507 g/mol. The minimum absolute atomic E-state index is 0. The molecule has 36 heavy (non-hydrogen) atoms. The summed E-state index contributed by atoms with van der Waals surface area (Å²) in [5, 5.41) is 3.11. The van der Waals surface area contributed by atoms with E-state index in [-0.39, 0.29) is 14.1 Å². The molecule has 8 heteroatoms. The van der Waals surface area contributed by atoms with E-state index in [4.69, 9.17) is 9.47 Å². The van der Waals surface area contributed by atoms with Crippen LogP contribution in [0.1, 0.15) is 38.2 Å². The molecule has 1 amide bonds. The second-order valence-electron chi connectivity index (χ2n) is 9.77. The number of nitrogens with zero attached hydrogens (tertiary/aromatic N) is 1. The fourth-order valence-corrected chi connectivity index (χ4v) is 6.63. The molecule has 2 fully saturated rings. The molecule has 2 aliphatic heterocycles. The van der Waals surface area contributed by atoms with Crippen LogP contribution in [0, 0.1) is 6.92 Å². The maximum atomic E-state index is 13.4. The van der Waals surface area contributed by atoms with E-state index >= 15 is 0 Å². The van der Waals surface area contributed by atoms with E-state index in [1.165, 1.54) is 0 Å². The summed E-state index contributed by atoms with van der Waals surface area (Å²) in [5.41, 5.74) is 3.98. The van der Waals surface area contributed by atoms with Gasteiger partial charge in [0.15, 0.2) is 11.5 Å². The molecule has 0 aromatic heterocycles. The van der Waals surface area contributed by atoms with E-state index < -0.39 is 15.4 Å². The summed E-state index contributed by atoms with van der Waals surface area (Å²) < 4.78 is 38.2. The lowest BCUT2D eigenvalue weighted by Gasteiger charge is -2.18. The normalized spacial score (nSPS) is 18.2. The first-order valence-corrected chi connectivity index (χ1v) is 13.7. The third kappa shape index (κ3) is 3.94. The average Bonchev–Trinajstić information content (AvgIpc) is 3.27. The molecule has 1 saturated carbocycles. The largest absolute Gasteiger partial charge is 0.454 e. The number of aryl methyl sites for hydroxylation is 1. The van der Waals surface area contributed by atoms with Gasteiger partial charge in [0, 0.05) is 20.2 Å². The first-order valence-electron chi connectivity index (χ1n) is 12.3. The Kier molecular flexibility index (Phi) is 5.53. The van der Waals surface area contributed by atoms with Gasteiger partial charge in [-0.1, -0.05) is 24.3 Å². The zero-order valence-electron chi connectivity index (χ0n) is 20.1.